The molecule has 0 aliphatic heterocycles. The van der Waals surface area contributed by atoms with Crippen LogP contribution in [0.5, 0.6) is 0 Å². The molecule has 0 amide bonds. The second kappa shape index (κ2) is 16.2. The zero-order valence-electron chi connectivity index (χ0n) is 18.1. The molecule has 0 bridgehead atoms. The van der Waals surface area contributed by atoms with Gasteiger partial charge in [-0.3, -0.25) is 0 Å². The number of rotatable bonds is 0. The zero-order valence-corrected chi connectivity index (χ0v) is 24.4. The molecule has 0 nitrogen and oxygen atoms in total. The Hall–Kier alpha value is -1.45. The van der Waals surface area contributed by atoms with Gasteiger partial charge in [0.25, 0.3) is 0 Å². The fraction of sp³-hybridized carbons (Fsp3) is 0.0741. The first-order valence-corrected chi connectivity index (χ1v) is 9.62. The summed E-state index contributed by atoms with van der Waals surface area (Å²) >= 11 is 0. The van der Waals surface area contributed by atoms with Crippen molar-refractivity contribution in [3.63, 3.8) is 0 Å². The molecule has 0 spiro atoms. The summed E-state index contributed by atoms with van der Waals surface area (Å²) in [6.07, 6.45) is 0. The van der Waals surface area contributed by atoms with Crippen molar-refractivity contribution in [1.29, 1.82) is 0 Å². The smallest absolute Gasteiger partial charge is 0.0711 e. The van der Waals surface area contributed by atoms with Crippen molar-refractivity contribution in [2.75, 3.05) is 0 Å². The van der Waals surface area contributed by atoms with Gasteiger partial charge in [-0.15, -0.1) is 106 Å². The van der Waals surface area contributed by atoms with Crippen molar-refractivity contribution in [1.82, 2.24) is 0 Å². The molecule has 5 aromatic rings. The Morgan fingerprint density at radius 1 is 0.581 bits per heavy atom. The topological polar surface area (TPSA) is 0 Å². The van der Waals surface area contributed by atoms with Crippen LogP contribution in [0.3, 0.4) is 0 Å². The van der Waals surface area contributed by atoms with Crippen LogP contribution < -0.4 is 5.19 Å². The fourth-order valence-corrected chi connectivity index (χ4v) is 3.24. The average molecular weight is 630 g/mol. The average Bonchev–Trinajstić information content (AvgIpc) is 3.23. The number of benzene rings is 3. The SMILES string of the molecule is Cc1cc2ccccc2[cH-]1.Cc1cc2ccccc2[cH-]1.Cl.Cl.[CH3-].[Hf].[Si]c1ccccc1. The van der Waals surface area contributed by atoms with Gasteiger partial charge in [0.05, 0.1) is 10.2 Å². The van der Waals surface area contributed by atoms with Crippen molar-refractivity contribution in [2.45, 2.75) is 13.8 Å². The summed E-state index contributed by atoms with van der Waals surface area (Å²) < 4.78 is 0. The standard InChI is InChI=1S/2C10H9.C6H5Si.CH3.2ClH.Hf/c2*1-8-6-9-4-2-3-5-10(9)7-8;7-6-4-2-1-3-5-6;;;;/h2*2-7H,1H3;1-5H;1H3;2*1H;/q2*-1;;-1;;;. The van der Waals surface area contributed by atoms with Gasteiger partial charge < -0.3 is 7.43 Å². The van der Waals surface area contributed by atoms with Crippen molar-refractivity contribution in [3.8, 4) is 0 Å². The van der Waals surface area contributed by atoms with E-state index < -0.39 is 0 Å². The van der Waals surface area contributed by atoms with Gasteiger partial charge in [-0.2, -0.15) is 12.1 Å². The van der Waals surface area contributed by atoms with Gasteiger partial charge in [0.2, 0.25) is 0 Å². The molecule has 0 heterocycles. The van der Waals surface area contributed by atoms with Crippen LogP contribution >= 0.6 is 24.8 Å². The van der Waals surface area contributed by atoms with Crippen LogP contribution in [-0.2, 0) is 25.8 Å². The van der Waals surface area contributed by atoms with Gasteiger partial charge in [0.15, 0.2) is 0 Å². The van der Waals surface area contributed by atoms with E-state index in [-0.39, 0.29) is 58.1 Å². The molecule has 0 aliphatic carbocycles. The van der Waals surface area contributed by atoms with E-state index in [1.54, 1.807) is 0 Å². The third-order valence-corrected chi connectivity index (χ3v) is 4.63. The zero-order chi connectivity index (χ0) is 19.1. The van der Waals surface area contributed by atoms with E-state index in [0.717, 1.165) is 5.19 Å². The molecule has 161 valence electrons. The van der Waals surface area contributed by atoms with E-state index >= 15 is 0 Å². The summed E-state index contributed by atoms with van der Waals surface area (Å²) in [5.41, 5.74) is 2.70. The molecule has 5 aromatic carbocycles. The van der Waals surface area contributed by atoms with Gasteiger partial charge in [-0.05, 0) is 0 Å². The first-order chi connectivity index (χ1) is 13.1. The molecule has 0 aromatic heterocycles. The van der Waals surface area contributed by atoms with E-state index in [1.807, 2.05) is 30.3 Å². The van der Waals surface area contributed by atoms with Gasteiger partial charge in [0, 0.05) is 25.8 Å². The van der Waals surface area contributed by atoms with Crippen LogP contribution in [0.25, 0.3) is 21.5 Å². The van der Waals surface area contributed by atoms with Crippen molar-refractivity contribution in [3.05, 3.63) is 122 Å². The van der Waals surface area contributed by atoms with E-state index in [1.165, 1.54) is 32.7 Å². The third kappa shape index (κ3) is 10.1. The van der Waals surface area contributed by atoms with E-state index in [2.05, 4.69) is 96.9 Å². The summed E-state index contributed by atoms with van der Waals surface area (Å²) in [5, 5.41) is 6.52. The van der Waals surface area contributed by atoms with Crippen molar-refractivity contribution < 1.29 is 25.8 Å². The van der Waals surface area contributed by atoms with Gasteiger partial charge in [0.1, 0.15) is 0 Å². The molecule has 0 fully saturated rings. The molecule has 0 saturated heterocycles. The van der Waals surface area contributed by atoms with E-state index in [4.69, 9.17) is 0 Å². The van der Waals surface area contributed by atoms with Gasteiger partial charge >= 0.3 is 0 Å². The van der Waals surface area contributed by atoms with Crippen LogP contribution in [0.4, 0.5) is 0 Å². The maximum Gasteiger partial charge on any atom is 0.0711 e. The molecule has 0 unspecified atom stereocenters. The molecule has 5 rings (SSSR count). The Balaban J connectivity index is 0. The number of hydrogen-bond donors (Lipinski definition) is 0. The summed E-state index contributed by atoms with van der Waals surface area (Å²) in [6.45, 7) is 4.25. The minimum Gasteiger partial charge on any atom is -0.358 e. The van der Waals surface area contributed by atoms with E-state index in [0.29, 0.717) is 0 Å². The van der Waals surface area contributed by atoms with Crippen LogP contribution in [0.1, 0.15) is 11.1 Å². The number of halogens is 2. The fourth-order valence-electron chi connectivity index (χ4n) is 3.05. The Morgan fingerprint density at radius 3 is 1.26 bits per heavy atom. The summed E-state index contributed by atoms with van der Waals surface area (Å²) in [5.74, 6) is 0. The third-order valence-electron chi connectivity index (χ3n) is 4.30. The summed E-state index contributed by atoms with van der Waals surface area (Å²) in [4.78, 5) is 0. The quantitative estimate of drug-likeness (QED) is 0.123. The number of fused-ring (bicyclic) bond motifs is 2. The maximum absolute atomic E-state index is 3.36. The molecule has 31 heavy (non-hydrogen) atoms. The van der Waals surface area contributed by atoms with Crippen molar-refractivity contribution >= 4 is 61.8 Å². The molecular weight excluding hydrogens is 602 g/mol. The van der Waals surface area contributed by atoms with Gasteiger partial charge in [-0.1, -0.05) is 61.5 Å². The first-order valence-electron chi connectivity index (χ1n) is 9.12. The molecule has 3 radical (unpaired) electrons. The Bertz CT molecular complexity index is 976. The summed E-state index contributed by atoms with van der Waals surface area (Å²) in [6, 6.07) is 35.6. The van der Waals surface area contributed by atoms with Gasteiger partial charge in [-0.25, -0.2) is 0 Å². The van der Waals surface area contributed by atoms with Crippen LogP contribution in [0.2, 0.25) is 0 Å². The Kier molecular flexibility index (Phi) is 16.6. The molecule has 0 atom stereocenters. The maximum atomic E-state index is 3.36. The van der Waals surface area contributed by atoms with Crippen LogP contribution in [0, 0.1) is 21.3 Å². The van der Waals surface area contributed by atoms with Crippen LogP contribution in [0.15, 0.2) is 103 Å². The summed E-state index contributed by atoms with van der Waals surface area (Å²) in [7, 11) is 3.36. The minimum atomic E-state index is 0. The molecule has 0 N–H and O–H groups in total. The van der Waals surface area contributed by atoms with Crippen molar-refractivity contribution in [2.24, 2.45) is 0 Å². The Labute approximate surface area is 221 Å². The molecule has 0 aliphatic rings. The molecule has 4 heteroatoms. The molecule has 0 saturated carbocycles. The predicted octanol–water partition coefficient (Wildman–Crippen LogP) is 7.51. The Morgan fingerprint density at radius 2 is 0.935 bits per heavy atom. The number of aryl methyl sites for hydroxylation is 2. The van der Waals surface area contributed by atoms with Crippen LogP contribution in [-0.4, -0.2) is 10.2 Å². The number of hydrogen-bond acceptors (Lipinski definition) is 0. The molecular formula is C27H28Cl2HfSi-3. The second-order valence-corrected chi connectivity index (χ2v) is 7.27. The first kappa shape index (κ1) is 31.7. The second-order valence-electron chi connectivity index (χ2n) is 6.69. The minimum absolute atomic E-state index is 0. The monoisotopic (exact) mass is 630 g/mol. The predicted molar refractivity (Wildman–Crippen MR) is 141 cm³/mol. The normalized spacial score (nSPS) is 8.74. The largest absolute Gasteiger partial charge is 0.358 e. The van der Waals surface area contributed by atoms with E-state index in [9.17, 15) is 0 Å².